The van der Waals surface area contributed by atoms with Gasteiger partial charge in [-0.2, -0.15) is 0 Å². The quantitative estimate of drug-likeness (QED) is 0.681. The molecule has 1 N–H and O–H groups in total. The smallest absolute Gasteiger partial charge is 0.312 e. The van der Waals surface area contributed by atoms with Crippen LogP contribution in [0.25, 0.3) is 0 Å². The minimum atomic E-state index is -1.04. The Balaban J connectivity index is 1.56. The van der Waals surface area contributed by atoms with E-state index in [9.17, 15) is 14.4 Å². The molecule has 7 nitrogen and oxygen atoms in total. The topological polar surface area (TPSA) is 84.9 Å². The van der Waals surface area contributed by atoms with Gasteiger partial charge in [0.2, 0.25) is 5.91 Å². The molecule has 1 heterocycles. The predicted molar refractivity (Wildman–Crippen MR) is 112 cm³/mol. The van der Waals surface area contributed by atoms with Gasteiger partial charge in [-0.3, -0.25) is 14.4 Å². The number of esters is 1. The number of methoxy groups -OCH3 is 1. The third-order valence-electron chi connectivity index (χ3n) is 4.85. The average Bonchev–Trinajstić information content (AvgIpc) is 3.09. The molecular formula is C22H23ClN2O5. The van der Waals surface area contributed by atoms with Crippen LogP contribution in [0, 0.1) is 5.92 Å². The average molecular weight is 431 g/mol. The second-order valence-electron chi connectivity index (χ2n) is 7.07. The lowest BCUT2D eigenvalue weighted by Crippen LogP contribution is -2.33. The zero-order valence-electron chi connectivity index (χ0n) is 16.8. The lowest BCUT2D eigenvalue weighted by molar-refractivity contribution is -0.157. The first-order chi connectivity index (χ1) is 14.4. The fourth-order valence-corrected chi connectivity index (χ4v) is 3.40. The van der Waals surface area contributed by atoms with Gasteiger partial charge in [-0.15, -0.1) is 0 Å². The zero-order valence-corrected chi connectivity index (χ0v) is 17.5. The van der Waals surface area contributed by atoms with E-state index in [1.54, 1.807) is 23.1 Å². The van der Waals surface area contributed by atoms with E-state index in [0.29, 0.717) is 23.0 Å². The lowest BCUT2D eigenvalue weighted by atomic mass is 10.1. The van der Waals surface area contributed by atoms with Crippen LogP contribution in [0.3, 0.4) is 0 Å². The number of rotatable bonds is 7. The highest BCUT2D eigenvalue weighted by molar-refractivity contribution is 6.31. The summed E-state index contributed by atoms with van der Waals surface area (Å²) in [5.41, 5.74) is 1.37. The minimum Gasteiger partial charge on any atom is -0.495 e. The van der Waals surface area contributed by atoms with Crippen molar-refractivity contribution in [2.75, 3.05) is 19.0 Å². The maximum atomic E-state index is 12.5. The summed E-state index contributed by atoms with van der Waals surface area (Å²) in [7, 11) is 1.47. The van der Waals surface area contributed by atoms with Gasteiger partial charge in [-0.25, -0.2) is 0 Å². The molecule has 1 saturated heterocycles. The first-order valence-electron chi connectivity index (χ1n) is 9.54. The first-order valence-corrected chi connectivity index (χ1v) is 9.91. The maximum absolute atomic E-state index is 12.5. The van der Waals surface area contributed by atoms with Crippen molar-refractivity contribution in [1.29, 1.82) is 0 Å². The summed E-state index contributed by atoms with van der Waals surface area (Å²) in [6, 6.07) is 14.4. The van der Waals surface area contributed by atoms with Crippen molar-refractivity contribution in [1.82, 2.24) is 4.90 Å². The number of anilines is 1. The van der Waals surface area contributed by atoms with Gasteiger partial charge in [0.25, 0.3) is 5.91 Å². The molecular weight excluding hydrogens is 408 g/mol. The van der Waals surface area contributed by atoms with Crippen LogP contribution in [-0.4, -0.2) is 42.4 Å². The van der Waals surface area contributed by atoms with Crippen molar-refractivity contribution in [3.8, 4) is 5.75 Å². The molecule has 0 bridgehead atoms. The Morgan fingerprint density at radius 3 is 2.67 bits per heavy atom. The third kappa shape index (κ3) is 5.30. The van der Waals surface area contributed by atoms with E-state index in [1.165, 1.54) is 14.0 Å². The van der Waals surface area contributed by atoms with Crippen LogP contribution in [0.5, 0.6) is 5.75 Å². The molecule has 1 aliphatic heterocycles. The van der Waals surface area contributed by atoms with E-state index in [2.05, 4.69) is 5.32 Å². The largest absolute Gasteiger partial charge is 0.495 e. The van der Waals surface area contributed by atoms with Crippen molar-refractivity contribution in [3.63, 3.8) is 0 Å². The monoisotopic (exact) mass is 430 g/mol. The van der Waals surface area contributed by atoms with Crippen LogP contribution in [-0.2, 0) is 25.7 Å². The SMILES string of the molecule is COc1ccc(Cl)cc1NC(=O)C(C)OC(=O)C1CC(=O)N(Cc2ccccc2)C1. The number of amides is 2. The maximum Gasteiger partial charge on any atom is 0.312 e. The normalized spacial score (nSPS) is 16.8. The predicted octanol–water partition coefficient (Wildman–Crippen LogP) is 3.27. The number of nitrogens with zero attached hydrogens (tertiary/aromatic N) is 1. The van der Waals surface area contributed by atoms with E-state index >= 15 is 0 Å². The van der Waals surface area contributed by atoms with Crippen LogP contribution < -0.4 is 10.1 Å². The summed E-state index contributed by atoms with van der Waals surface area (Å²) in [6.07, 6.45) is -0.971. The van der Waals surface area contributed by atoms with Crippen LogP contribution in [0.4, 0.5) is 5.69 Å². The number of likely N-dealkylation sites (tertiary alicyclic amines) is 1. The van der Waals surface area contributed by atoms with Crippen molar-refractivity contribution in [2.45, 2.75) is 26.0 Å². The molecule has 2 amide bonds. The summed E-state index contributed by atoms with van der Waals surface area (Å²) in [5.74, 6) is -1.36. The molecule has 3 rings (SSSR count). The number of ether oxygens (including phenoxy) is 2. The first kappa shape index (κ1) is 21.6. The molecule has 1 aliphatic rings. The lowest BCUT2D eigenvalue weighted by Gasteiger charge is -2.18. The highest BCUT2D eigenvalue weighted by atomic mass is 35.5. The summed E-state index contributed by atoms with van der Waals surface area (Å²) in [6.45, 7) is 2.18. The van der Waals surface area contributed by atoms with E-state index in [-0.39, 0.29) is 18.9 Å². The van der Waals surface area contributed by atoms with Gasteiger partial charge in [-0.05, 0) is 30.7 Å². The zero-order chi connectivity index (χ0) is 21.7. The number of benzene rings is 2. The number of nitrogens with one attached hydrogen (secondary N) is 1. The van der Waals surface area contributed by atoms with Crippen LogP contribution in [0.1, 0.15) is 18.9 Å². The molecule has 0 aromatic heterocycles. The summed E-state index contributed by atoms with van der Waals surface area (Å²) >= 11 is 5.96. The molecule has 8 heteroatoms. The summed E-state index contributed by atoms with van der Waals surface area (Å²) in [5, 5.41) is 3.07. The second-order valence-corrected chi connectivity index (χ2v) is 7.51. The van der Waals surface area contributed by atoms with Gasteiger partial charge < -0.3 is 19.7 Å². The molecule has 0 aliphatic carbocycles. The van der Waals surface area contributed by atoms with E-state index in [0.717, 1.165) is 5.56 Å². The molecule has 0 spiro atoms. The van der Waals surface area contributed by atoms with Gasteiger partial charge in [0.05, 0.1) is 18.7 Å². The molecule has 2 atom stereocenters. The van der Waals surface area contributed by atoms with E-state index in [4.69, 9.17) is 21.1 Å². The van der Waals surface area contributed by atoms with Crippen molar-refractivity contribution < 1.29 is 23.9 Å². The summed E-state index contributed by atoms with van der Waals surface area (Å²) < 4.78 is 10.5. The standard InChI is InChI=1S/C22H23ClN2O5/c1-14(21(27)24-18-11-17(23)8-9-19(18)29-2)30-22(28)16-10-20(26)25(13-16)12-15-6-4-3-5-7-15/h3-9,11,14,16H,10,12-13H2,1-2H3,(H,24,27). The molecule has 2 aromatic carbocycles. The Hall–Kier alpha value is -3.06. The Bertz CT molecular complexity index is 934. The van der Waals surface area contributed by atoms with Gasteiger partial charge in [0.15, 0.2) is 6.10 Å². The number of carbonyl (C=O) groups excluding carboxylic acids is 3. The number of hydrogen-bond acceptors (Lipinski definition) is 5. The van der Waals surface area contributed by atoms with E-state index < -0.39 is 23.9 Å². The molecule has 158 valence electrons. The molecule has 1 fully saturated rings. The Morgan fingerprint density at radius 2 is 1.97 bits per heavy atom. The number of carbonyl (C=O) groups is 3. The Labute approximate surface area is 179 Å². The van der Waals surface area contributed by atoms with Crippen molar-refractivity contribution in [3.05, 3.63) is 59.1 Å². The molecule has 0 saturated carbocycles. The summed E-state index contributed by atoms with van der Waals surface area (Å²) in [4.78, 5) is 38.9. The van der Waals surface area contributed by atoms with Gasteiger partial charge >= 0.3 is 5.97 Å². The highest BCUT2D eigenvalue weighted by Crippen LogP contribution is 2.28. The molecule has 0 radical (unpaired) electrons. The van der Waals surface area contributed by atoms with Crippen LogP contribution in [0.15, 0.2) is 48.5 Å². The molecule has 2 unspecified atom stereocenters. The van der Waals surface area contributed by atoms with Gasteiger partial charge in [0, 0.05) is 24.5 Å². The molecule has 2 aromatic rings. The number of halogens is 1. The van der Waals surface area contributed by atoms with E-state index in [1.807, 2.05) is 30.3 Å². The van der Waals surface area contributed by atoms with Crippen molar-refractivity contribution >= 4 is 35.1 Å². The highest BCUT2D eigenvalue weighted by Gasteiger charge is 2.36. The third-order valence-corrected chi connectivity index (χ3v) is 5.08. The number of hydrogen-bond donors (Lipinski definition) is 1. The van der Waals surface area contributed by atoms with Gasteiger partial charge in [-0.1, -0.05) is 41.9 Å². The Kier molecular flexibility index (Phi) is 6.95. The fourth-order valence-electron chi connectivity index (χ4n) is 3.22. The minimum absolute atomic E-state index is 0.0715. The van der Waals surface area contributed by atoms with Crippen LogP contribution >= 0.6 is 11.6 Å². The molecule has 30 heavy (non-hydrogen) atoms. The van der Waals surface area contributed by atoms with Crippen molar-refractivity contribution in [2.24, 2.45) is 5.92 Å². The second kappa shape index (κ2) is 9.63. The van der Waals surface area contributed by atoms with Gasteiger partial charge in [0.1, 0.15) is 5.75 Å². The fraction of sp³-hybridized carbons (Fsp3) is 0.318. The Morgan fingerprint density at radius 1 is 1.23 bits per heavy atom. The van der Waals surface area contributed by atoms with Crippen LogP contribution in [0.2, 0.25) is 5.02 Å².